The van der Waals surface area contributed by atoms with Gasteiger partial charge >= 0.3 is 0 Å². The minimum absolute atomic E-state index is 0.450. The number of hydrogen-bond acceptors (Lipinski definition) is 4. The Morgan fingerprint density at radius 1 is 0.352 bits per heavy atom. The molecule has 0 aliphatic heterocycles. The second-order valence-electron chi connectivity index (χ2n) is 20.9. The number of thiophene rings is 4. The molecule has 0 radical (unpaired) electrons. The smallest absolute Gasteiger partial charge is 0.0745 e. The predicted octanol–water partition coefficient (Wildman–Crippen LogP) is 22.4. The van der Waals surface area contributed by atoms with Crippen LogP contribution in [-0.2, 0) is 30.1 Å². The van der Waals surface area contributed by atoms with Gasteiger partial charge in [0.2, 0.25) is 0 Å². The van der Waals surface area contributed by atoms with Gasteiger partial charge in [-0.05, 0) is 140 Å². The van der Waals surface area contributed by atoms with Crippen LogP contribution < -0.4 is 0 Å². The lowest BCUT2D eigenvalue weighted by molar-refractivity contribution is 0.607. The van der Waals surface area contributed by atoms with Crippen molar-refractivity contribution in [3.05, 3.63) is 184 Å². The normalized spacial score (nSPS) is 15.4. The van der Waals surface area contributed by atoms with Gasteiger partial charge in [0.1, 0.15) is 0 Å². The summed E-state index contributed by atoms with van der Waals surface area (Å²) in [6.07, 6.45) is 27.3. The molecule has 370 valence electrons. The number of halogens is 2. The lowest BCUT2D eigenvalue weighted by atomic mass is 9.67. The molecule has 8 aromatic rings. The first kappa shape index (κ1) is 51.4. The Hall–Kier alpha value is -3.10. The van der Waals surface area contributed by atoms with Crippen LogP contribution in [-0.4, -0.2) is 0 Å². The molecule has 0 N–H and O–H groups in total. The van der Waals surface area contributed by atoms with Crippen LogP contribution >= 0.6 is 77.2 Å². The van der Waals surface area contributed by atoms with Crippen molar-refractivity contribution in [2.75, 3.05) is 0 Å². The van der Waals surface area contributed by atoms with E-state index >= 15 is 0 Å². The Morgan fingerprint density at radius 2 is 0.648 bits per heavy atom. The van der Waals surface area contributed by atoms with Crippen molar-refractivity contribution in [1.29, 1.82) is 0 Å². The first-order valence-electron chi connectivity index (χ1n) is 27.4. The molecule has 2 aliphatic rings. The molecule has 1 unspecified atom stereocenters. The van der Waals surface area contributed by atoms with Crippen LogP contribution in [0.1, 0.15) is 203 Å². The number of rotatable bonds is 25. The molecular formula is C65H72Br2S4. The van der Waals surface area contributed by atoms with Crippen LogP contribution in [0, 0.1) is 6.92 Å². The van der Waals surface area contributed by atoms with Gasteiger partial charge < -0.3 is 0 Å². The lowest BCUT2D eigenvalue weighted by Crippen LogP contribution is -2.29. The Labute approximate surface area is 459 Å². The summed E-state index contributed by atoms with van der Waals surface area (Å²) < 4.78 is 5.34. The van der Waals surface area contributed by atoms with Gasteiger partial charge in [-0.3, -0.25) is 0 Å². The van der Waals surface area contributed by atoms with Crippen LogP contribution in [0.25, 0.3) is 28.9 Å². The highest BCUT2D eigenvalue weighted by molar-refractivity contribution is 9.11. The largest absolute Gasteiger partial charge is 0.133 e. The minimum atomic E-state index is -0.453. The van der Waals surface area contributed by atoms with Gasteiger partial charge in [-0.2, -0.15) is 0 Å². The third kappa shape index (κ3) is 9.88. The van der Waals surface area contributed by atoms with E-state index in [2.05, 4.69) is 191 Å². The summed E-state index contributed by atoms with van der Waals surface area (Å²) in [7, 11) is 0. The van der Waals surface area contributed by atoms with E-state index in [1.165, 1.54) is 219 Å². The molecule has 0 saturated carbocycles. The van der Waals surface area contributed by atoms with E-state index in [0.29, 0.717) is 0 Å². The molecule has 10 rings (SSSR count). The third-order valence-corrected chi connectivity index (χ3v) is 22.1. The highest BCUT2D eigenvalue weighted by Crippen LogP contribution is 2.70. The summed E-state index contributed by atoms with van der Waals surface area (Å²) in [5.74, 6) is 0. The summed E-state index contributed by atoms with van der Waals surface area (Å²) in [4.78, 5) is 5.75. The van der Waals surface area contributed by atoms with Crippen LogP contribution in [0.2, 0.25) is 0 Å². The average Bonchev–Trinajstić information content (AvgIpc) is 4.22. The predicted molar refractivity (Wildman–Crippen MR) is 321 cm³/mol. The van der Waals surface area contributed by atoms with Crippen molar-refractivity contribution in [1.82, 2.24) is 0 Å². The Morgan fingerprint density at radius 3 is 0.972 bits per heavy atom. The fraction of sp³-hybridized carbons (Fsp3) is 0.415. The molecular weight excluding hydrogens is 1070 g/mol. The molecule has 0 bridgehead atoms. The number of benzene rings is 4. The van der Waals surface area contributed by atoms with Gasteiger partial charge in [-0.1, -0.05) is 220 Å². The van der Waals surface area contributed by atoms with E-state index < -0.39 is 10.8 Å². The standard InChI is InChI=1S/C65H72Br2S4/c1-5-8-11-14-17-20-23-45-28-36-49(37-29-45)64(48-34-26-44(4)27-35-48)52-42-54(66)68-58(52)60-56(64)62-63(70-60)57-61(71-62)59-53(43-55(67)69-59)65(57,50-38-30-46(31-39-50)24-21-18-15-12-9-6-2)51-40-32-47(33-41-51)25-22-19-16-13-10-7-3/h26-43H,5-25H2,1-4H3. The lowest BCUT2D eigenvalue weighted by Gasteiger charge is -2.34. The summed E-state index contributed by atoms with van der Waals surface area (Å²) in [5.41, 5.74) is 16.1. The van der Waals surface area contributed by atoms with Crippen molar-refractivity contribution in [2.45, 2.75) is 173 Å². The van der Waals surface area contributed by atoms with Gasteiger partial charge in [0, 0.05) is 11.1 Å². The van der Waals surface area contributed by atoms with Crippen molar-refractivity contribution < 1.29 is 0 Å². The second kappa shape index (κ2) is 23.2. The van der Waals surface area contributed by atoms with E-state index in [4.69, 9.17) is 0 Å². The molecule has 0 saturated heterocycles. The van der Waals surface area contributed by atoms with E-state index in [9.17, 15) is 0 Å². The monoisotopic (exact) mass is 1140 g/mol. The molecule has 2 aliphatic carbocycles. The number of aryl methyl sites for hydroxylation is 4. The molecule has 1 atom stereocenters. The summed E-state index contributed by atoms with van der Waals surface area (Å²) in [6.45, 7) is 9.15. The topological polar surface area (TPSA) is 0 Å². The molecule has 0 fully saturated rings. The fourth-order valence-electron chi connectivity index (χ4n) is 12.2. The highest BCUT2D eigenvalue weighted by atomic mass is 79.9. The first-order chi connectivity index (χ1) is 34.8. The van der Waals surface area contributed by atoms with Crippen LogP contribution in [0.4, 0.5) is 0 Å². The average molecular weight is 1140 g/mol. The third-order valence-electron chi connectivity index (χ3n) is 16.0. The van der Waals surface area contributed by atoms with Gasteiger partial charge in [-0.15, -0.1) is 45.3 Å². The van der Waals surface area contributed by atoms with Crippen molar-refractivity contribution in [2.24, 2.45) is 0 Å². The second-order valence-corrected chi connectivity index (χ2v) is 27.8. The number of fused-ring (bicyclic) bond motifs is 9. The maximum Gasteiger partial charge on any atom is 0.0745 e. The molecule has 4 heterocycles. The Kier molecular flexibility index (Phi) is 16.8. The van der Waals surface area contributed by atoms with E-state index in [1.54, 1.807) is 0 Å². The highest BCUT2D eigenvalue weighted by Gasteiger charge is 2.55. The Balaban J connectivity index is 1.13. The molecule has 0 spiro atoms. The van der Waals surface area contributed by atoms with E-state index in [0.717, 1.165) is 19.3 Å². The maximum absolute atomic E-state index is 4.08. The zero-order chi connectivity index (χ0) is 49.0. The first-order valence-corrected chi connectivity index (χ1v) is 32.2. The van der Waals surface area contributed by atoms with Crippen LogP contribution in [0.5, 0.6) is 0 Å². The zero-order valence-corrected chi connectivity index (χ0v) is 49.1. The van der Waals surface area contributed by atoms with Crippen LogP contribution in [0.15, 0.2) is 117 Å². The minimum Gasteiger partial charge on any atom is -0.133 e. The summed E-state index contributed by atoms with van der Waals surface area (Å²) >= 11 is 16.2. The molecule has 6 heteroatoms. The molecule has 4 aromatic carbocycles. The molecule has 71 heavy (non-hydrogen) atoms. The van der Waals surface area contributed by atoms with Gasteiger partial charge in [0.15, 0.2) is 0 Å². The quantitative estimate of drug-likeness (QED) is 0.0500. The van der Waals surface area contributed by atoms with Crippen LogP contribution in [0.3, 0.4) is 0 Å². The summed E-state index contributed by atoms with van der Waals surface area (Å²) in [5, 5.41) is 0. The van der Waals surface area contributed by atoms with Crippen molar-refractivity contribution >= 4 is 86.6 Å². The molecule has 0 nitrogen and oxygen atoms in total. The van der Waals surface area contributed by atoms with Crippen molar-refractivity contribution in [3.8, 4) is 19.5 Å². The van der Waals surface area contributed by atoms with Gasteiger partial charge in [-0.25, -0.2) is 0 Å². The summed E-state index contributed by atoms with van der Waals surface area (Å²) in [6, 6.07) is 44.4. The van der Waals surface area contributed by atoms with Gasteiger partial charge in [0.05, 0.1) is 47.3 Å². The van der Waals surface area contributed by atoms with Crippen molar-refractivity contribution in [3.63, 3.8) is 0 Å². The Bertz CT molecular complexity index is 2950. The zero-order valence-electron chi connectivity index (χ0n) is 42.6. The van der Waals surface area contributed by atoms with E-state index in [-0.39, 0.29) is 0 Å². The fourth-order valence-corrected chi connectivity index (χ4v) is 19.0. The molecule has 0 amide bonds. The SMILES string of the molecule is CCCCCCCCc1ccc(C2(c3ccc(C)cc3)c3cc(Br)sc3-c3sc4c5c(sc4c32)-c2sc(Br)cc2C5(c2ccc(CCCCCCCC)cc2)c2ccc(CCCCCCCC)cc2)cc1. The molecule has 4 aromatic heterocycles. The maximum atomic E-state index is 4.08. The van der Waals surface area contributed by atoms with E-state index in [1.807, 2.05) is 22.7 Å². The number of unbranched alkanes of at least 4 members (excludes halogenated alkanes) is 15. The number of hydrogen-bond donors (Lipinski definition) is 0. The van der Waals surface area contributed by atoms with Gasteiger partial charge in [0.25, 0.3) is 0 Å².